The van der Waals surface area contributed by atoms with Crippen LogP contribution in [-0.4, -0.2) is 19.0 Å². The number of anilines is 2. The van der Waals surface area contributed by atoms with Crippen LogP contribution in [-0.2, 0) is 0 Å². The van der Waals surface area contributed by atoms with Crippen LogP contribution in [0.5, 0.6) is 0 Å². The van der Waals surface area contributed by atoms with Crippen LogP contribution in [0.25, 0.3) is 0 Å². The Hall–Kier alpha value is -2.07. The van der Waals surface area contributed by atoms with Crippen molar-refractivity contribution in [3.05, 3.63) is 59.9 Å². The molecule has 122 valence electrons. The number of hydrogen-bond acceptors (Lipinski definition) is 2. The summed E-state index contributed by atoms with van der Waals surface area (Å²) in [6.07, 6.45) is 3.79. The number of nitrogens with zero attached hydrogens (tertiary/aromatic N) is 1. The molecule has 1 aliphatic heterocycles. The van der Waals surface area contributed by atoms with Gasteiger partial charge in [0.05, 0.1) is 0 Å². The fourth-order valence-corrected chi connectivity index (χ4v) is 2.71. The normalized spacial score (nSPS) is 14.0. The predicted molar refractivity (Wildman–Crippen MR) is 94.1 cm³/mol. The van der Waals surface area contributed by atoms with Crippen LogP contribution in [0.2, 0.25) is 0 Å². The molecule has 0 saturated carbocycles. The number of benzene rings is 2. The van der Waals surface area contributed by atoms with Gasteiger partial charge in [-0.15, -0.1) is 12.4 Å². The van der Waals surface area contributed by atoms with Crippen LogP contribution in [0, 0.1) is 5.82 Å². The van der Waals surface area contributed by atoms with Crippen LogP contribution in [0.1, 0.15) is 29.6 Å². The second kappa shape index (κ2) is 7.97. The molecule has 5 heteroatoms. The summed E-state index contributed by atoms with van der Waals surface area (Å²) in [5, 5.41) is 2.83. The van der Waals surface area contributed by atoms with Crippen LogP contribution in [0.3, 0.4) is 0 Å². The molecule has 1 aliphatic rings. The van der Waals surface area contributed by atoms with Crippen molar-refractivity contribution < 1.29 is 9.18 Å². The number of amides is 1. The third-order valence-corrected chi connectivity index (χ3v) is 3.95. The topological polar surface area (TPSA) is 32.3 Å². The Morgan fingerprint density at radius 1 is 0.913 bits per heavy atom. The SMILES string of the molecule is Cl.O=C(Nc1ccc(N2CCCCC2)cc1)c1ccc(F)cc1. The van der Waals surface area contributed by atoms with Crippen molar-refractivity contribution in [2.24, 2.45) is 0 Å². The average molecular weight is 335 g/mol. The van der Waals surface area contributed by atoms with E-state index in [-0.39, 0.29) is 24.1 Å². The Balaban J connectivity index is 0.00000192. The summed E-state index contributed by atoms with van der Waals surface area (Å²) in [4.78, 5) is 14.4. The summed E-state index contributed by atoms with van der Waals surface area (Å²) >= 11 is 0. The zero-order valence-electron chi connectivity index (χ0n) is 12.8. The number of halogens is 2. The van der Waals surface area contributed by atoms with E-state index in [0.29, 0.717) is 5.56 Å². The molecule has 1 N–H and O–H groups in total. The number of carbonyl (C=O) groups excluding carboxylic acids is 1. The van der Waals surface area contributed by atoms with E-state index in [2.05, 4.69) is 10.2 Å². The summed E-state index contributed by atoms with van der Waals surface area (Å²) in [6, 6.07) is 13.4. The fourth-order valence-electron chi connectivity index (χ4n) is 2.71. The van der Waals surface area contributed by atoms with Crippen molar-refractivity contribution in [2.75, 3.05) is 23.3 Å². The average Bonchev–Trinajstić information content (AvgIpc) is 2.57. The van der Waals surface area contributed by atoms with Gasteiger partial charge in [0.15, 0.2) is 0 Å². The molecule has 2 aromatic rings. The highest BCUT2D eigenvalue weighted by Crippen LogP contribution is 2.22. The van der Waals surface area contributed by atoms with Gasteiger partial charge in [0.2, 0.25) is 0 Å². The molecule has 3 rings (SSSR count). The minimum atomic E-state index is -0.345. The molecule has 1 heterocycles. The Morgan fingerprint density at radius 3 is 2.13 bits per heavy atom. The molecule has 23 heavy (non-hydrogen) atoms. The van der Waals surface area contributed by atoms with Gasteiger partial charge in [0.1, 0.15) is 5.82 Å². The first-order valence-electron chi connectivity index (χ1n) is 7.64. The molecule has 0 radical (unpaired) electrons. The summed E-state index contributed by atoms with van der Waals surface area (Å²) < 4.78 is 12.9. The zero-order valence-corrected chi connectivity index (χ0v) is 13.6. The summed E-state index contributed by atoms with van der Waals surface area (Å²) in [5.74, 6) is -0.576. The number of rotatable bonds is 3. The van der Waals surface area contributed by atoms with Gasteiger partial charge in [-0.3, -0.25) is 4.79 Å². The number of carbonyl (C=O) groups is 1. The third-order valence-electron chi connectivity index (χ3n) is 3.95. The molecule has 1 fully saturated rings. The van der Waals surface area contributed by atoms with Crippen molar-refractivity contribution in [1.29, 1.82) is 0 Å². The Labute approximate surface area is 141 Å². The lowest BCUT2D eigenvalue weighted by molar-refractivity contribution is 0.102. The monoisotopic (exact) mass is 334 g/mol. The minimum Gasteiger partial charge on any atom is -0.372 e. The second-order valence-electron chi connectivity index (χ2n) is 5.56. The van der Waals surface area contributed by atoms with Gasteiger partial charge in [-0.1, -0.05) is 0 Å². The van der Waals surface area contributed by atoms with E-state index in [1.54, 1.807) is 0 Å². The quantitative estimate of drug-likeness (QED) is 0.897. The smallest absolute Gasteiger partial charge is 0.255 e. The van der Waals surface area contributed by atoms with Gasteiger partial charge in [-0.2, -0.15) is 0 Å². The third kappa shape index (κ3) is 4.45. The highest BCUT2D eigenvalue weighted by atomic mass is 35.5. The molecule has 1 saturated heterocycles. The van der Waals surface area contributed by atoms with Crippen molar-refractivity contribution in [3.8, 4) is 0 Å². The first-order chi connectivity index (χ1) is 10.7. The minimum absolute atomic E-state index is 0. The van der Waals surface area contributed by atoms with E-state index in [4.69, 9.17) is 0 Å². The maximum absolute atomic E-state index is 12.9. The van der Waals surface area contributed by atoms with Gasteiger partial charge in [-0.25, -0.2) is 4.39 Å². The van der Waals surface area contributed by atoms with Crippen molar-refractivity contribution in [3.63, 3.8) is 0 Å². The highest BCUT2D eigenvalue weighted by molar-refractivity contribution is 6.04. The van der Waals surface area contributed by atoms with E-state index in [0.717, 1.165) is 18.8 Å². The van der Waals surface area contributed by atoms with Crippen LogP contribution in [0.15, 0.2) is 48.5 Å². The predicted octanol–water partition coefficient (Wildman–Crippen LogP) is 4.49. The van der Waals surface area contributed by atoms with E-state index in [9.17, 15) is 9.18 Å². The van der Waals surface area contributed by atoms with Gasteiger partial charge < -0.3 is 10.2 Å². The zero-order chi connectivity index (χ0) is 15.4. The van der Waals surface area contributed by atoms with Crippen LogP contribution >= 0.6 is 12.4 Å². The van der Waals surface area contributed by atoms with Gasteiger partial charge in [-0.05, 0) is 67.8 Å². The molecule has 0 aromatic heterocycles. The Morgan fingerprint density at radius 2 is 1.52 bits per heavy atom. The van der Waals surface area contributed by atoms with Gasteiger partial charge >= 0.3 is 0 Å². The summed E-state index contributed by atoms with van der Waals surface area (Å²) in [5.41, 5.74) is 2.39. The standard InChI is InChI=1S/C18H19FN2O.ClH/c19-15-6-4-14(5-7-15)18(22)20-16-8-10-17(11-9-16)21-12-2-1-3-13-21;/h4-11H,1-3,12-13H2,(H,20,22);1H. The second-order valence-corrected chi connectivity index (χ2v) is 5.56. The first-order valence-corrected chi connectivity index (χ1v) is 7.64. The van der Waals surface area contributed by atoms with E-state index < -0.39 is 0 Å². The largest absolute Gasteiger partial charge is 0.372 e. The van der Waals surface area contributed by atoms with E-state index in [1.165, 1.54) is 49.2 Å². The van der Waals surface area contributed by atoms with Crippen molar-refractivity contribution >= 4 is 29.7 Å². The summed E-state index contributed by atoms with van der Waals surface area (Å²) in [6.45, 7) is 2.20. The van der Waals surface area contributed by atoms with Crippen LogP contribution < -0.4 is 10.2 Å². The van der Waals surface area contributed by atoms with E-state index >= 15 is 0 Å². The maximum Gasteiger partial charge on any atom is 0.255 e. The molecular weight excluding hydrogens is 315 g/mol. The molecular formula is C18H20ClFN2O. The molecule has 0 aliphatic carbocycles. The first kappa shape index (κ1) is 17.3. The molecule has 3 nitrogen and oxygen atoms in total. The lowest BCUT2D eigenvalue weighted by Gasteiger charge is -2.28. The molecule has 0 bridgehead atoms. The lowest BCUT2D eigenvalue weighted by Crippen LogP contribution is -2.29. The van der Waals surface area contributed by atoms with Crippen molar-refractivity contribution in [2.45, 2.75) is 19.3 Å². The molecule has 0 unspecified atom stereocenters. The van der Waals surface area contributed by atoms with E-state index in [1.807, 2.05) is 24.3 Å². The Bertz CT molecular complexity index is 637. The number of piperidine rings is 1. The molecule has 0 atom stereocenters. The van der Waals surface area contributed by atoms with Gasteiger partial charge in [0.25, 0.3) is 5.91 Å². The Kier molecular flexibility index (Phi) is 5.99. The number of hydrogen-bond donors (Lipinski definition) is 1. The number of nitrogens with one attached hydrogen (secondary N) is 1. The molecule has 2 aromatic carbocycles. The molecule has 0 spiro atoms. The van der Waals surface area contributed by atoms with Crippen molar-refractivity contribution in [1.82, 2.24) is 0 Å². The fraction of sp³-hybridized carbons (Fsp3) is 0.278. The highest BCUT2D eigenvalue weighted by Gasteiger charge is 2.11. The summed E-state index contributed by atoms with van der Waals surface area (Å²) in [7, 11) is 0. The van der Waals surface area contributed by atoms with Gasteiger partial charge in [0, 0.05) is 30.0 Å². The maximum atomic E-state index is 12.9. The lowest BCUT2D eigenvalue weighted by atomic mass is 10.1. The van der Waals surface area contributed by atoms with Crippen LogP contribution in [0.4, 0.5) is 15.8 Å². The molecule has 1 amide bonds.